The lowest BCUT2D eigenvalue weighted by molar-refractivity contribution is -0.137. The fourth-order valence-corrected chi connectivity index (χ4v) is 4.36. The Labute approximate surface area is 124 Å². The first-order chi connectivity index (χ1) is 9.96. The number of rotatable bonds is 6. The van der Waals surface area contributed by atoms with Gasteiger partial charge in [0.15, 0.2) is 0 Å². The Morgan fingerprint density at radius 2 is 1.95 bits per heavy atom. The van der Waals surface area contributed by atoms with Gasteiger partial charge in [0.2, 0.25) is 10.0 Å². The zero-order valence-corrected chi connectivity index (χ0v) is 12.6. The largest absolute Gasteiger partial charge is 0.480 e. The molecule has 2 aliphatic rings. The Morgan fingerprint density at radius 1 is 1.24 bits per heavy atom. The van der Waals surface area contributed by atoms with Crippen molar-refractivity contribution >= 4 is 16.0 Å². The Morgan fingerprint density at radius 3 is 2.62 bits per heavy atom. The number of hydrogen-bond donors (Lipinski definition) is 1. The number of benzene rings is 1. The molecule has 0 aromatic heterocycles. The van der Waals surface area contributed by atoms with Gasteiger partial charge in [-0.05, 0) is 61.3 Å². The zero-order chi connectivity index (χ0) is 15.0. The molecule has 1 fully saturated rings. The standard InChI is InChI=1S/C15H19NO4S/c17-15(18)10-16(9-11-4-5-11)21(19,20)14-7-6-12-2-1-3-13(12)8-14/h6-8,11H,1-5,9-10H2,(H,17,18). The van der Waals surface area contributed by atoms with Gasteiger partial charge >= 0.3 is 5.97 Å². The lowest BCUT2D eigenvalue weighted by Gasteiger charge is -2.20. The highest BCUT2D eigenvalue weighted by molar-refractivity contribution is 7.89. The molecule has 2 aliphatic carbocycles. The summed E-state index contributed by atoms with van der Waals surface area (Å²) in [6, 6.07) is 5.20. The van der Waals surface area contributed by atoms with Crippen LogP contribution in [0.1, 0.15) is 30.4 Å². The maximum atomic E-state index is 12.7. The van der Waals surface area contributed by atoms with Crippen molar-refractivity contribution < 1.29 is 18.3 Å². The van der Waals surface area contributed by atoms with Crippen molar-refractivity contribution in [2.75, 3.05) is 13.1 Å². The van der Waals surface area contributed by atoms with E-state index in [1.165, 1.54) is 5.56 Å². The first-order valence-electron chi connectivity index (χ1n) is 7.30. The van der Waals surface area contributed by atoms with Crippen LogP contribution < -0.4 is 0 Å². The highest BCUT2D eigenvalue weighted by Crippen LogP contribution is 2.32. The van der Waals surface area contributed by atoms with Gasteiger partial charge in [-0.15, -0.1) is 0 Å². The molecule has 1 saturated carbocycles. The molecule has 0 saturated heterocycles. The Kier molecular flexibility index (Phi) is 3.75. The normalized spacial score (nSPS) is 18.0. The summed E-state index contributed by atoms with van der Waals surface area (Å²) in [4.78, 5) is 11.2. The van der Waals surface area contributed by atoms with Crippen LogP contribution in [0.4, 0.5) is 0 Å². The van der Waals surface area contributed by atoms with E-state index in [-0.39, 0.29) is 4.90 Å². The van der Waals surface area contributed by atoms with Crippen molar-refractivity contribution in [2.24, 2.45) is 5.92 Å². The van der Waals surface area contributed by atoms with Crippen molar-refractivity contribution in [3.8, 4) is 0 Å². The number of aliphatic carboxylic acids is 1. The summed E-state index contributed by atoms with van der Waals surface area (Å²) in [7, 11) is -3.72. The van der Waals surface area contributed by atoms with Crippen LogP contribution in [0.5, 0.6) is 0 Å². The molecule has 3 rings (SSSR count). The van der Waals surface area contributed by atoms with Crippen molar-refractivity contribution in [3.63, 3.8) is 0 Å². The van der Waals surface area contributed by atoms with E-state index in [1.807, 2.05) is 6.07 Å². The molecule has 0 spiro atoms. The molecule has 1 aromatic carbocycles. The molecule has 0 aliphatic heterocycles. The molecule has 114 valence electrons. The molecule has 0 bridgehead atoms. The maximum absolute atomic E-state index is 12.7. The zero-order valence-electron chi connectivity index (χ0n) is 11.8. The van der Waals surface area contributed by atoms with E-state index >= 15 is 0 Å². The summed E-state index contributed by atoms with van der Waals surface area (Å²) in [5.41, 5.74) is 2.29. The molecule has 1 aromatic rings. The van der Waals surface area contributed by atoms with Gasteiger partial charge in [0.05, 0.1) is 4.90 Å². The predicted octanol–water partition coefficient (Wildman–Crippen LogP) is 1.66. The Hall–Kier alpha value is -1.40. The van der Waals surface area contributed by atoms with Gasteiger partial charge in [-0.25, -0.2) is 8.42 Å². The number of carbonyl (C=O) groups is 1. The first kappa shape index (κ1) is 14.5. The number of fused-ring (bicyclic) bond motifs is 1. The number of carboxylic acids is 1. The van der Waals surface area contributed by atoms with E-state index in [9.17, 15) is 13.2 Å². The maximum Gasteiger partial charge on any atom is 0.318 e. The number of aryl methyl sites for hydroxylation is 2. The lowest BCUT2D eigenvalue weighted by Crippen LogP contribution is -2.37. The summed E-state index contributed by atoms with van der Waals surface area (Å²) in [5, 5.41) is 8.98. The Bertz CT molecular complexity index is 664. The van der Waals surface area contributed by atoms with Crippen molar-refractivity contribution in [3.05, 3.63) is 29.3 Å². The quantitative estimate of drug-likeness (QED) is 0.867. The van der Waals surface area contributed by atoms with Crippen LogP contribution in [0.2, 0.25) is 0 Å². The first-order valence-corrected chi connectivity index (χ1v) is 8.74. The summed E-state index contributed by atoms with van der Waals surface area (Å²) in [5.74, 6) is -0.797. The summed E-state index contributed by atoms with van der Waals surface area (Å²) in [6.07, 6.45) is 4.92. The van der Waals surface area contributed by atoms with Crippen LogP contribution >= 0.6 is 0 Å². The van der Waals surface area contributed by atoms with Crippen LogP contribution in [0.25, 0.3) is 0 Å². The fourth-order valence-electron chi connectivity index (χ4n) is 2.84. The van der Waals surface area contributed by atoms with E-state index < -0.39 is 22.5 Å². The third-order valence-electron chi connectivity index (χ3n) is 4.18. The number of carboxylic acid groups (broad SMARTS) is 1. The molecule has 0 amide bonds. The second-order valence-electron chi connectivity index (χ2n) is 5.92. The van der Waals surface area contributed by atoms with Crippen LogP contribution in [0.15, 0.2) is 23.1 Å². The summed E-state index contributed by atoms with van der Waals surface area (Å²) in [6.45, 7) is -0.151. The minimum atomic E-state index is -3.72. The monoisotopic (exact) mass is 309 g/mol. The van der Waals surface area contributed by atoms with Crippen LogP contribution in [-0.2, 0) is 27.7 Å². The number of sulfonamides is 1. The molecule has 6 heteroatoms. The minimum absolute atomic E-state index is 0.227. The molecule has 1 N–H and O–H groups in total. The van der Waals surface area contributed by atoms with E-state index in [2.05, 4.69) is 0 Å². The highest BCUT2D eigenvalue weighted by atomic mass is 32.2. The molecular weight excluding hydrogens is 290 g/mol. The van der Waals surface area contributed by atoms with Crippen molar-refractivity contribution in [1.29, 1.82) is 0 Å². The van der Waals surface area contributed by atoms with E-state index in [0.717, 1.165) is 42.0 Å². The van der Waals surface area contributed by atoms with Crippen molar-refractivity contribution in [1.82, 2.24) is 4.31 Å². The molecule has 0 atom stereocenters. The third kappa shape index (κ3) is 3.11. The van der Waals surface area contributed by atoms with Gasteiger partial charge in [-0.3, -0.25) is 4.79 Å². The summed E-state index contributed by atoms with van der Waals surface area (Å²) < 4.78 is 26.5. The van der Waals surface area contributed by atoms with Gasteiger partial charge in [-0.1, -0.05) is 6.07 Å². The average Bonchev–Trinajstić information content (AvgIpc) is 3.12. The molecule has 0 radical (unpaired) electrons. The molecule has 21 heavy (non-hydrogen) atoms. The molecule has 5 nitrogen and oxygen atoms in total. The average molecular weight is 309 g/mol. The van der Waals surface area contributed by atoms with Crippen LogP contribution in [0, 0.1) is 5.92 Å². The van der Waals surface area contributed by atoms with Crippen LogP contribution in [-0.4, -0.2) is 36.9 Å². The second kappa shape index (κ2) is 5.42. The third-order valence-corrected chi connectivity index (χ3v) is 5.99. The summed E-state index contributed by atoms with van der Waals surface area (Å²) >= 11 is 0. The fraction of sp³-hybridized carbons (Fsp3) is 0.533. The van der Waals surface area contributed by atoms with Gasteiger partial charge in [0.25, 0.3) is 0 Å². The van der Waals surface area contributed by atoms with Crippen LogP contribution in [0.3, 0.4) is 0 Å². The van der Waals surface area contributed by atoms with Crippen molar-refractivity contribution in [2.45, 2.75) is 37.0 Å². The van der Waals surface area contributed by atoms with E-state index in [0.29, 0.717) is 12.5 Å². The Balaban J connectivity index is 1.90. The highest BCUT2D eigenvalue weighted by Gasteiger charge is 2.33. The number of nitrogens with zero attached hydrogens (tertiary/aromatic N) is 1. The second-order valence-corrected chi connectivity index (χ2v) is 7.86. The van der Waals surface area contributed by atoms with Gasteiger partial charge in [0, 0.05) is 6.54 Å². The predicted molar refractivity (Wildman–Crippen MR) is 77.6 cm³/mol. The van der Waals surface area contributed by atoms with Gasteiger partial charge in [0.1, 0.15) is 6.54 Å². The van der Waals surface area contributed by atoms with E-state index in [1.54, 1.807) is 12.1 Å². The SMILES string of the molecule is O=C(O)CN(CC1CC1)S(=O)(=O)c1ccc2c(c1)CCC2. The smallest absolute Gasteiger partial charge is 0.318 e. The lowest BCUT2D eigenvalue weighted by atomic mass is 10.1. The van der Waals surface area contributed by atoms with E-state index in [4.69, 9.17) is 5.11 Å². The number of hydrogen-bond acceptors (Lipinski definition) is 3. The van der Waals surface area contributed by atoms with Gasteiger partial charge in [-0.2, -0.15) is 4.31 Å². The minimum Gasteiger partial charge on any atom is -0.480 e. The molecular formula is C15H19NO4S. The van der Waals surface area contributed by atoms with Gasteiger partial charge < -0.3 is 5.11 Å². The molecule has 0 unspecified atom stereocenters. The topological polar surface area (TPSA) is 74.7 Å². The molecule has 0 heterocycles.